The van der Waals surface area contributed by atoms with Crippen LogP contribution in [0.15, 0.2) is 45.3 Å². The van der Waals surface area contributed by atoms with Crippen LogP contribution in [0.2, 0.25) is 0 Å². The van der Waals surface area contributed by atoms with E-state index in [-0.39, 0.29) is 17.6 Å². The molecule has 6 nitrogen and oxygen atoms in total. The number of nitrogens with zero attached hydrogens (tertiary/aromatic N) is 3. The summed E-state index contributed by atoms with van der Waals surface area (Å²) in [4.78, 5) is 18.8. The van der Waals surface area contributed by atoms with Gasteiger partial charge in [0.15, 0.2) is 5.76 Å². The molecule has 2 aromatic heterocycles. The minimum atomic E-state index is -0.357. The highest BCUT2D eigenvalue weighted by molar-refractivity contribution is 5.94. The molecular formula is C19H18FN3O3. The van der Waals surface area contributed by atoms with Crippen molar-refractivity contribution < 1.29 is 18.1 Å². The normalized spacial score (nSPS) is 17.5. The molecule has 134 valence electrons. The van der Waals surface area contributed by atoms with Crippen LogP contribution in [0.25, 0.3) is 11.6 Å². The minimum Gasteiger partial charge on any atom is -0.458 e. The van der Waals surface area contributed by atoms with E-state index in [1.54, 1.807) is 11.0 Å². The zero-order valence-electron chi connectivity index (χ0n) is 14.3. The van der Waals surface area contributed by atoms with E-state index in [9.17, 15) is 9.18 Å². The highest BCUT2D eigenvalue weighted by atomic mass is 19.1. The molecule has 0 N–H and O–H groups in total. The number of halogens is 1. The Bertz CT molecular complexity index is 916. The first-order chi connectivity index (χ1) is 12.6. The van der Waals surface area contributed by atoms with Crippen LogP contribution in [-0.2, 0) is 0 Å². The maximum atomic E-state index is 13.1. The van der Waals surface area contributed by atoms with Crippen molar-refractivity contribution in [3.8, 4) is 11.6 Å². The lowest BCUT2D eigenvalue weighted by Gasteiger charge is -2.31. The Hall–Kier alpha value is -2.96. The Balaban J connectivity index is 1.49. The number of furan rings is 1. The first-order valence-corrected chi connectivity index (χ1v) is 8.55. The highest BCUT2D eigenvalue weighted by Crippen LogP contribution is 2.28. The van der Waals surface area contributed by atoms with E-state index in [2.05, 4.69) is 10.1 Å². The Kier molecular flexibility index (Phi) is 4.28. The van der Waals surface area contributed by atoms with Crippen LogP contribution in [0.1, 0.15) is 40.8 Å². The van der Waals surface area contributed by atoms with Gasteiger partial charge in [-0.25, -0.2) is 4.39 Å². The minimum absolute atomic E-state index is 0.0227. The molecule has 26 heavy (non-hydrogen) atoms. The number of likely N-dealkylation sites (tertiary alicyclic amines) is 1. The van der Waals surface area contributed by atoms with Gasteiger partial charge in [-0.3, -0.25) is 4.79 Å². The van der Waals surface area contributed by atoms with E-state index in [1.165, 1.54) is 24.3 Å². The second kappa shape index (κ2) is 6.74. The van der Waals surface area contributed by atoms with Crippen LogP contribution >= 0.6 is 0 Å². The monoisotopic (exact) mass is 355 g/mol. The van der Waals surface area contributed by atoms with Gasteiger partial charge in [0.1, 0.15) is 11.6 Å². The Morgan fingerprint density at radius 1 is 1.23 bits per heavy atom. The van der Waals surface area contributed by atoms with Crippen molar-refractivity contribution in [2.24, 2.45) is 0 Å². The summed E-state index contributed by atoms with van der Waals surface area (Å²) in [6.45, 7) is 3.00. The molecule has 1 amide bonds. The number of aryl methyl sites for hydroxylation is 1. The summed E-state index contributed by atoms with van der Waals surface area (Å²) in [6, 6.07) is 9.25. The summed E-state index contributed by atoms with van der Waals surface area (Å²) in [6.07, 6.45) is 1.71. The highest BCUT2D eigenvalue weighted by Gasteiger charge is 2.29. The topological polar surface area (TPSA) is 72.4 Å². The third-order valence-electron chi connectivity index (χ3n) is 4.55. The van der Waals surface area contributed by atoms with Gasteiger partial charge in [0.2, 0.25) is 11.7 Å². The van der Waals surface area contributed by atoms with Crippen LogP contribution in [0, 0.1) is 12.7 Å². The smallest absolute Gasteiger partial charge is 0.253 e. The number of piperidine rings is 1. The molecule has 0 saturated carbocycles. The Labute approximate surface area is 149 Å². The molecule has 0 spiro atoms. The lowest BCUT2D eigenvalue weighted by atomic mass is 9.97. The summed E-state index contributed by atoms with van der Waals surface area (Å²) >= 11 is 0. The largest absolute Gasteiger partial charge is 0.458 e. The van der Waals surface area contributed by atoms with Crippen LogP contribution in [0.4, 0.5) is 4.39 Å². The molecule has 1 fully saturated rings. The van der Waals surface area contributed by atoms with E-state index < -0.39 is 0 Å². The van der Waals surface area contributed by atoms with E-state index in [1.807, 2.05) is 13.0 Å². The number of benzene rings is 1. The SMILES string of the molecule is Cc1ccc(-c2noc(C3CCCN(C(=O)c4ccc(F)cc4)C3)n2)o1. The van der Waals surface area contributed by atoms with Crippen molar-refractivity contribution in [3.63, 3.8) is 0 Å². The molecule has 7 heteroatoms. The number of carbonyl (C=O) groups excluding carboxylic acids is 1. The van der Waals surface area contributed by atoms with Crippen molar-refractivity contribution in [2.75, 3.05) is 13.1 Å². The third-order valence-corrected chi connectivity index (χ3v) is 4.55. The molecule has 1 aliphatic heterocycles. The molecule has 4 rings (SSSR count). The van der Waals surface area contributed by atoms with Gasteiger partial charge in [0.25, 0.3) is 5.91 Å². The molecule has 1 aliphatic rings. The standard InChI is InChI=1S/C19H18FN3O3/c1-12-4-9-16(25-12)17-21-18(26-22-17)14-3-2-10-23(11-14)19(24)13-5-7-15(20)8-6-13/h4-9,14H,2-3,10-11H2,1H3. The van der Waals surface area contributed by atoms with Gasteiger partial charge < -0.3 is 13.8 Å². The predicted octanol–water partition coefficient (Wildman–Crippen LogP) is 3.80. The summed E-state index contributed by atoms with van der Waals surface area (Å²) in [5.74, 6) is 1.76. The van der Waals surface area contributed by atoms with E-state index in [0.717, 1.165) is 18.6 Å². The van der Waals surface area contributed by atoms with Gasteiger partial charge in [0.05, 0.1) is 5.92 Å². The van der Waals surface area contributed by atoms with Crippen molar-refractivity contribution >= 4 is 5.91 Å². The molecule has 1 aromatic carbocycles. The summed E-state index contributed by atoms with van der Waals surface area (Å²) in [7, 11) is 0. The van der Waals surface area contributed by atoms with Gasteiger partial charge >= 0.3 is 0 Å². The summed E-state index contributed by atoms with van der Waals surface area (Å²) in [5.41, 5.74) is 0.476. The van der Waals surface area contributed by atoms with Gasteiger partial charge in [-0.15, -0.1) is 0 Å². The molecule has 0 aliphatic carbocycles. The number of hydrogen-bond donors (Lipinski definition) is 0. The average Bonchev–Trinajstić information content (AvgIpc) is 3.31. The number of amides is 1. The fourth-order valence-corrected chi connectivity index (χ4v) is 3.19. The number of carbonyl (C=O) groups is 1. The quantitative estimate of drug-likeness (QED) is 0.715. The van der Waals surface area contributed by atoms with Crippen LogP contribution < -0.4 is 0 Å². The molecule has 3 heterocycles. The average molecular weight is 355 g/mol. The van der Waals surface area contributed by atoms with E-state index in [4.69, 9.17) is 8.94 Å². The molecule has 0 radical (unpaired) electrons. The van der Waals surface area contributed by atoms with Gasteiger partial charge in [0, 0.05) is 18.7 Å². The maximum Gasteiger partial charge on any atom is 0.253 e. The first-order valence-electron chi connectivity index (χ1n) is 8.55. The first kappa shape index (κ1) is 16.5. The molecule has 0 bridgehead atoms. The fraction of sp³-hybridized carbons (Fsp3) is 0.316. The van der Waals surface area contributed by atoms with Gasteiger partial charge in [-0.2, -0.15) is 4.98 Å². The molecule has 1 saturated heterocycles. The lowest BCUT2D eigenvalue weighted by molar-refractivity contribution is 0.0695. The van der Waals surface area contributed by atoms with E-state index in [0.29, 0.717) is 36.1 Å². The zero-order valence-corrected chi connectivity index (χ0v) is 14.3. The molecule has 1 atom stereocenters. The predicted molar refractivity (Wildman–Crippen MR) is 91.0 cm³/mol. The van der Waals surface area contributed by atoms with Crippen molar-refractivity contribution in [3.05, 3.63) is 59.4 Å². The summed E-state index contributed by atoms with van der Waals surface area (Å²) < 4.78 is 24.0. The maximum absolute atomic E-state index is 13.1. The zero-order chi connectivity index (χ0) is 18.1. The third kappa shape index (κ3) is 3.24. The molecular weight excluding hydrogens is 337 g/mol. The fourth-order valence-electron chi connectivity index (χ4n) is 3.19. The number of rotatable bonds is 3. The van der Waals surface area contributed by atoms with Gasteiger partial charge in [-0.1, -0.05) is 5.16 Å². The van der Waals surface area contributed by atoms with Crippen LogP contribution in [-0.4, -0.2) is 34.0 Å². The van der Waals surface area contributed by atoms with Gasteiger partial charge in [-0.05, 0) is 56.2 Å². The van der Waals surface area contributed by atoms with Crippen molar-refractivity contribution in [1.29, 1.82) is 0 Å². The second-order valence-electron chi connectivity index (χ2n) is 6.46. The van der Waals surface area contributed by atoms with Crippen molar-refractivity contribution in [1.82, 2.24) is 15.0 Å². The van der Waals surface area contributed by atoms with Crippen LogP contribution in [0.5, 0.6) is 0 Å². The lowest BCUT2D eigenvalue weighted by Crippen LogP contribution is -2.39. The second-order valence-corrected chi connectivity index (χ2v) is 6.46. The molecule has 1 unspecified atom stereocenters. The number of hydrogen-bond acceptors (Lipinski definition) is 5. The number of aromatic nitrogens is 2. The van der Waals surface area contributed by atoms with E-state index >= 15 is 0 Å². The Morgan fingerprint density at radius 2 is 2.04 bits per heavy atom. The molecule has 3 aromatic rings. The van der Waals surface area contributed by atoms with Crippen molar-refractivity contribution in [2.45, 2.75) is 25.7 Å². The summed E-state index contributed by atoms with van der Waals surface area (Å²) in [5, 5.41) is 3.99. The Morgan fingerprint density at radius 3 is 2.77 bits per heavy atom. The van der Waals surface area contributed by atoms with Crippen LogP contribution in [0.3, 0.4) is 0 Å².